The zero-order valence-corrected chi connectivity index (χ0v) is 15.9. The molecule has 8 nitrogen and oxygen atoms in total. The highest BCUT2D eigenvalue weighted by Crippen LogP contribution is 2.31. The molecule has 150 valence electrons. The van der Waals surface area contributed by atoms with Crippen LogP contribution in [-0.4, -0.2) is 50.4 Å². The van der Waals surface area contributed by atoms with E-state index in [0.29, 0.717) is 32.1 Å². The van der Waals surface area contributed by atoms with E-state index in [1.54, 1.807) is 16.6 Å². The number of rotatable bonds is 5. The normalized spacial score (nSPS) is 15.9. The van der Waals surface area contributed by atoms with Crippen LogP contribution in [0, 0.1) is 5.82 Å². The zero-order chi connectivity index (χ0) is 20.4. The minimum absolute atomic E-state index is 0.141. The average molecular weight is 397 g/mol. The van der Waals surface area contributed by atoms with Crippen LogP contribution in [0.25, 0.3) is 0 Å². The van der Waals surface area contributed by atoms with Crippen LogP contribution in [0.15, 0.2) is 53.5 Å². The molecule has 0 spiro atoms. The first-order valence-electron chi connectivity index (χ1n) is 9.24. The Bertz CT molecular complexity index is 1060. The van der Waals surface area contributed by atoms with E-state index >= 15 is 0 Å². The van der Waals surface area contributed by atoms with Crippen molar-refractivity contribution in [2.45, 2.75) is 19.1 Å². The van der Waals surface area contributed by atoms with Crippen LogP contribution >= 0.6 is 0 Å². The lowest BCUT2D eigenvalue weighted by Crippen LogP contribution is -2.45. The number of hydrogen-bond donors (Lipinski definition) is 0. The lowest BCUT2D eigenvalue weighted by Gasteiger charge is -2.35. The fourth-order valence-corrected chi connectivity index (χ4v) is 3.50. The van der Waals surface area contributed by atoms with E-state index in [1.807, 2.05) is 30.3 Å². The van der Waals surface area contributed by atoms with Crippen LogP contribution in [0.3, 0.4) is 0 Å². The molecule has 0 saturated heterocycles. The first kappa shape index (κ1) is 19.0. The first-order valence-corrected chi connectivity index (χ1v) is 9.24. The average Bonchev–Trinajstić information content (AvgIpc) is 3.08. The Morgan fingerprint density at radius 2 is 2.00 bits per heavy atom. The molecule has 0 bridgehead atoms. The molecule has 1 unspecified atom stereocenters. The standard InChI is InChI=1S/C20H20FN5O3/c1-29-12-11-26-20(28)25-10-9-24(19(27)16-8-7-15(21)13-22-16)17(18(25)23-26)14-5-3-2-4-6-14/h2-8,13,17H,9-12H2,1H3. The van der Waals surface area contributed by atoms with Crippen molar-refractivity contribution in [2.75, 3.05) is 20.3 Å². The van der Waals surface area contributed by atoms with Gasteiger partial charge < -0.3 is 9.64 Å². The summed E-state index contributed by atoms with van der Waals surface area (Å²) in [4.78, 5) is 31.4. The van der Waals surface area contributed by atoms with Gasteiger partial charge in [0, 0.05) is 20.2 Å². The predicted molar refractivity (Wildman–Crippen MR) is 102 cm³/mol. The molecule has 3 aromatic rings. The van der Waals surface area contributed by atoms with E-state index < -0.39 is 11.9 Å². The van der Waals surface area contributed by atoms with Crippen molar-refractivity contribution in [3.05, 3.63) is 82.0 Å². The first-order chi connectivity index (χ1) is 14.1. The Morgan fingerprint density at radius 3 is 2.69 bits per heavy atom. The van der Waals surface area contributed by atoms with Crippen molar-refractivity contribution >= 4 is 5.91 Å². The van der Waals surface area contributed by atoms with Gasteiger partial charge in [-0.3, -0.25) is 9.36 Å². The minimum Gasteiger partial charge on any atom is -0.383 e. The molecule has 2 aromatic heterocycles. The number of carbonyl (C=O) groups is 1. The molecule has 3 heterocycles. The Hall–Kier alpha value is -3.33. The number of amides is 1. The molecule has 1 aliphatic heterocycles. The highest BCUT2D eigenvalue weighted by molar-refractivity contribution is 5.92. The number of aromatic nitrogens is 4. The quantitative estimate of drug-likeness (QED) is 0.651. The van der Waals surface area contributed by atoms with Gasteiger partial charge in [-0.05, 0) is 17.7 Å². The number of benzene rings is 1. The lowest BCUT2D eigenvalue weighted by atomic mass is 10.0. The molecule has 0 radical (unpaired) electrons. The van der Waals surface area contributed by atoms with Crippen LogP contribution in [0.2, 0.25) is 0 Å². The molecule has 0 fully saturated rings. The van der Waals surface area contributed by atoms with Crippen LogP contribution < -0.4 is 5.69 Å². The topological polar surface area (TPSA) is 82.2 Å². The summed E-state index contributed by atoms with van der Waals surface area (Å²) in [6.07, 6.45) is 1.02. The molecule has 1 aromatic carbocycles. The van der Waals surface area contributed by atoms with E-state index in [0.717, 1.165) is 11.8 Å². The Labute approximate surface area is 166 Å². The van der Waals surface area contributed by atoms with Crippen molar-refractivity contribution in [3.63, 3.8) is 0 Å². The number of halogens is 1. The number of methoxy groups -OCH3 is 1. The van der Waals surface area contributed by atoms with Gasteiger partial charge in [0.15, 0.2) is 5.82 Å². The molecular formula is C20H20FN5O3. The predicted octanol–water partition coefficient (Wildman–Crippen LogP) is 1.47. The van der Waals surface area contributed by atoms with Gasteiger partial charge in [-0.1, -0.05) is 30.3 Å². The van der Waals surface area contributed by atoms with E-state index in [9.17, 15) is 14.0 Å². The zero-order valence-electron chi connectivity index (χ0n) is 15.9. The fraction of sp³-hybridized carbons (Fsp3) is 0.300. The Kier molecular flexibility index (Phi) is 5.22. The number of nitrogens with zero attached hydrogens (tertiary/aromatic N) is 5. The van der Waals surface area contributed by atoms with Gasteiger partial charge in [0.2, 0.25) is 0 Å². The molecule has 9 heteroatoms. The Balaban J connectivity index is 1.78. The molecule has 0 saturated carbocycles. The van der Waals surface area contributed by atoms with Crippen molar-refractivity contribution < 1.29 is 13.9 Å². The third kappa shape index (κ3) is 3.56. The minimum atomic E-state index is -0.555. The summed E-state index contributed by atoms with van der Waals surface area (Å²) in [6, 6.07) is 11.4. The van der Waals surface area contributed by atoms with Crippen molar-refractivity contribution in [2.24, 2.45) is 0 Å². The van der Waals surface area contributed by atoms with Crippen LogP contribution in [0.4, 0.5) is 4.39 Å². The maximum atomic E-state index is 13.2. The SMILES string of the molecule is COCCn1nc2n(c1=O)CCN(C(=O)c1ccc(F)cn1)C2c1ccccc1. The van der Waals surface area contributed by atoms with Gasteiger partial charge in [0.05, 0.1) is 19.3 Å². The smallest absolute Gasteiger partial charge is 0.346 e. The molecule has 4 rings (SSSR count). The van der Waals surface area contributed by atoms with Gasteiger partial charge in [0.1, 0.15) is 17.6 Å². The van der Waals surface area contributed by atoms with E-state index in [1.165, 1.54) is 16.8 Å². The second-order valence-corrected chi connectivity index (χ2v) is 6.68. The van der Waals surface area contributed by atoms with Crippen molar-refractivity contribution in [1.29, 1.82) is 0 Å². The van der Waals surface area contributed by atoms with E-state index in [-0.39, 0.29) is 17.3 Å². The fourth-order valence-electron chi connectivity index (χ4n) is 3.50. The summed E-state index contributed by atoms with van der Waals surface area (Å²) in [5, 5.41) is 4.50. The van der Waals surface area contributed by atoms with Gasteiger partial charge >= 0.3 is 5.69 Å². The number of hydrogen-bond acceptors (Lipinski definition) is 5. The van der Waals surface area contributed by atoms with Crippen molar-refractivity contribution in [1.82, 2.24) is 24.2 Å². The van der Waals surface area contributed by atoms with Gasteiger partial charge in [-0.25, -0.2) is 18.9 Å². The van der Waals surface area contributed by atoms with Gasteiger partial charge in [0.25, 0.3) is 5.91 Å². The number of pyridine rings is 1. The molecule has 0 N–H and O–H groups in total. The highest BCUT2D eigenvalue weighted by Gasteiger charge is 2.36. The van der Waals surface area contributed by atoms with Crippen LogP contribution in [-0.2, 0) is 17.8 Å². The van der Waals surface area contributed by atoms with Crippen LogP contribution in [0.1, 0.15) is 27.9 Å². The molecule has 1 atom stereocenters. The second-order valence-electron chi connectivity index (χ2n) is 6.68. The molecule has 0 aliphatic carbocycles. The van der Waals surface area contributed by atoms with E-state index in [2.05, 4.69) is 10.1 Å². The van der Waals surface area contributed by atoms with Gasteiger partial charge in [-0.2, -0.15) is 5.10 Å². The van der Waals surface area contributed by atoms with Crippen molar-refractivity contribution in [3.8, 4) is 0 Å². The molecule has 1 amide bonds. The number of fused-ring (bicyclic) bond motifs is 1. The monoisotopic (exact) mass is 397 g/mol. The maximum Gasteiger partial charge on any atom is 0.346 e. The Morgan fingerprint density at radius 1 is 1.21 bits per heavy atom. The summed E-state index contributed by atoms with van der Waals surface area (Å²) in [5.74, 6) is -0.367. The number of ether oxygens (including phenoxy) is 1. The summed E-state index contributed by atoms with van der Waals surface area (Å²) in [5.41, 5.74) is 0.736. The lowest BCUT2D eigenvalue weighted by molar-refractivity contribution is 0.0651. The summed E-state index contributed by atoms with van der Waals surface area (Å²) >= 11 is 0. The summed E-state index contributed by atoms with van der Waals surface area (Å²) in [6.45, 7) is 1.30. The molecular weight excluding hydrogens is 377 g/mol. The van der Waals surface area contributed by atoms with Gasteiger partial charge in [-0.15, -0.1) is 0 Å². The maximum absolute atomic E-state index is 13.2. The summed E-state index contributed by atoms with van der Waals surface area (Å²) in [7, 11) is 1.56. The second kappa shape index (κ2) is 7.96. The molecule has 1 aliphatic rings. The summed E-state index contributed by atoms with van der Waals surface area (Å²) < 4.78 is 21.2. The molecule has 29 heavy (non-hydrogen) atoms. The van der Waals surface area contributed by atoms with E-state index in [4.69, 9.17) is 4.74 Å². The number of carbonyl (C=O) groups excluding carboxylic acids is 1. The largest absolute Gasteiger partial charge is 0.383 e. The third-order valence-corrected chi connectivity index (χ3v) is 4.90. The van der Waals surface area contributed by atoms with Crippen LogP contribution in [0.5, 0.6) is 0 Å². The highest BCUT2D eigenvalue weighted by atomic mass is 19.1. The third-order valence-electron chi connectivity index (χ3n) is 4.90.